The molecule has 20 heavy (non-hydrogen) atoms. The molecule has 1 aliphatic heterocycles. The third-order valence-corrected chi connectivity index (χ3v) is 4.81. The Hall–Kier alpha value is -1.96. The van der Waals surface area contributed by atoms with Crippen LogP contribution >= 0.6 is 0 Å². The highest BCUT2D eigenvalue weighted by Gasteiger charge is 2.35. The van der Waals surface area contributed by atoms with Crippen LogP contribution < -0.4 is 10.6 Å². The van der Waals surface area contributed by atoms with E-state index in [1.165, 1.54) is 28.8 Å². The lowest BCUT2D eigenvalue weighted by Gasteiger charge is -2.32. The Morgan fingerprint density at radius 2 is 1.95 bits per heavy atom. The van der Waals surface area contributed by atoms with Crippen LogP contribution in [-0.2, 0) is 12.8 Å². The van der Waals surface area contributed by atoms with E-state index in [2.05, 4.69) is 48.2 Å². The number of fused-ring (bicyclic) bond motifs is 2. The van der Waals surface area contributed by atoms with E-state index in [0.717, 1.165) is 18.5 Å². The van der Waals surface area contributed by atoms with E-state index in [1.54, 1.807) is 0 Å². The number of aryl methyl sites for hydroxylation is 1. The van der Waals surface area contributed by atoms with Crippen molar-refractivity contribution in [2.24, 2.45) is 0 Å². The first-order valence-electron chi connectivity index (χ1n) is 7.48. The molecule has 0 saturated heterocycles. The summed E-state index contributed by atoms with van der Waals surface area (Å²) < 4.78 is 0. The van der Waals surface area contributed by atoms with Crippen LogP contribution in [0.2, 0.25) is 0 Å². The molecule has 2 aliphatic rings. The van der Waals surface area contributed by atoms with Gasteiger partial charge in [-0.15, -0.1) is 0 Å². The van der Waals surface area contributed by atoms with E-state index in [1.807, 2.05) is 6.07 Å². The lowest BCUT2D eigenvalue weighted by atomic mass is 10.1. The van der Waals surface area contributed by atoms with Crippen molar-refractivity contribution in [2.75, 3.05) is 10.6 Å². The van der Waals surface area contributed by atoms with Gasteiger partial charge in [-0.3, -0.25) is 0 Å². The zero-order chi connectivity index (χ0) is 13.7. The fraction of sp³-hybridized carbons (Fsp3) is 0.333. The maximum atomic E-state index is 5.92. The molecule has 1 heterocycles. The van der Waals surface area contributed by atoms with Crippen molar-refractivity contribution in [3.05, 3.63) is 59.2 Å². The number of nitrogens with two attached hydrogens (primary N) is 1. The summed E-state index contributed by atoms with van der Waals surface area (Å²) in [6.45, 7) is 2.34. The summed E-state index contributed by atoms with van der Waals surface area (Å²) in [5.74, 6) is 0. The summed E-state index contributed by atoms with van der Waals surface area (Å²) >= 11 is 0. The molecular formula is C18H20N2. The Labute approximate surface area is 120 Å². The molecule has 2 aromatic carbocycles. The number of anilines is 2. The van der Waals surface area contributed by atoms with Crippen LogP contribution in [0.3, 0.4) is 0 Å². The third kappa shape index (κ3) is 1.64. The predicted molar refractivity (Wildman–Crippen MR) is 84.0 cm³/mol. The Kier molecular flexibility index (Phi) is 2.53. The van der Waals surface area contributed by atoms with Gasteiger partial charge in [0.15, 0.2) is 0 Å². The Morgan fingerprint density at radius 1 is 1.10 bits per heavy atom. The van der Waals surface area contributed by atoms with Gasteiger partial charge in [-0.25, -0.2) is 0 Å². The fourth-order valence-corrected chi connectivity index (χ4v) is 3.97. The van der Waals surface area contributed by atoms with Crippen molar-refractivity contribution < 1.29 is 0 Å². The number of benzene rings is 2. The molecule has 1 aliphatic carbocycles. The van der Waals surface area contributed by atoms with Gasteiger partial charge in [0.05, 0.1) is 6.04 Å². The molecule has 2 unspecified atom stereocenters. The monoisotopic (exact) mass is 264 g/mol. The van der Waals surface area contributed by atoms with Crippen molar-refractivity contribution in [1.29, 1.82) is 0 Å². The topological polar surface area (TPSA) is 29.3 Å². The van der Waals surface area contributed by atoms with Crippen LogP contribution in [0.4, 0.5) is 11.4 Å². The Bertz CT molecular complexity index is 662. The summed E-state index contributed by atoms with van der Waals surface area (Å²) in [4.78, 5) is 2.62. The zero-order valence-electron chi connectivity index (χ0n) is 11.8. The van der Waals surface area contributed by atoms with Gasteiger partial charge >= 0.3 is 0 Å². The van der Waals surface area contributed by atoms with Gasteiger partial charge in [-0.1, -0.05) is 24.3 Å². The number of nitrogen functional groups attached to an aromatic ring is 1. The van der Waals surface area contributed by atoms with Gasteiger partial charge in [0.1, 0.15) is 0 Å². The molecule has 0 aromatic heterocycles. The maximum absolute atomic E-state index is 5.92. The summed E-state index contributed by atoms with van der Waals surface area (Å²) in [7, 11) is 0. The van der Waals surface area contributed by atoms with Crippen molar-refractivity contribution >= 4 is 11.4 Å². The fourth-order valence-electron chi connectivity index (χ4n) is 3.97. The first-order chi connectivity index (χ1) is 9.74. The molecule has 0 radical (unpaired) electrons. The number of para-hydroxylation sites is 1. The van der Waals surface area contributed by atoms with Gasteiger partial charge in [0, 0.05) is 17.4 Å². The van der Waals surface area contributed by atoms with Gasteiger partial charge in [-0.05, 0) is 61.1 Å². The minimum atomic E-state index is 0.518. The second-order valence-corrected chi connectivity index (χ2v) is 6.10. The van der Waals surface area contributed by atoms with Crippen molar-refractivity contribution in [3.8, 4) is 0 Å². The highest BCUT2D eigenvalue weighted by atomic mass is 15.2. The van der Waals surface area contributed by atoms with Crippen LogP contribution in [-0.4, -0.2) is 6.04 Å². The Morgan fingerprint density at radius 3 is 2.85 bits per heavy atom. The molecule has 0 fully saturated rings. The first kappa shape index (κ1) is 11.8. The molecule has 0 saturated carbocycles. The average Bonchev–Trinajstić information content (AvgIpc) is 2.97. The lowest BCUT2D eigenvalue weighted by Crippen LogP contribution is -2.32. The SMILES string of the molecule is CC1Cc2ccccc2N1C1CCc2cc(N)ccc21. The molecule has 2 atom stereocenters. The molecule has 2 heteroatoms. The van der Waals surface area contributed by atoms with Crippen molar-refractivity contribution in [1.82, 2.24) is 0 Å². The molecule has 0 amide bonds. The minimum absolute atomic E-state index is 0.518. The largest absolute Gasteiger partial charge is 0.399 e. The van der Waals surface area contributed by atoms with E-state index >= 15 is 0 Å². The van der Waals surface area contributed by atoms with Crippen LogP contribution in [0, 0.1) is 0 Å². The minimum Gasteiger partial charge on any atom is -0.399 e. The second-order valence-electron chi connectivity index (χ2n) is 6.10. The van der Waals surface area contributed by atoms with Gasteiger partial charge in [-0.2, -0.15) is 0 Å². The molecule has 2 N–H and O–H groups in total. The predicted octanol–water partition coefficient (Wildman–Crippen LogP) is 3.71. The van der Waals surface area contributed by atoms with Gasteiger partial charge < -0.3 is 10.6 Å². The summed E-state index contributed by atoms with van der Waals surface area (Å²) in [5, 5.41) is 0. The average molecular weight is 264 g/mol. The van der Waals surface area contributed by atoms with Crippen LogP contribution in [0.15, 0.2) is 42.5 Å². The highest BCUT2D eigenvalue weighted by Crippen LogP contribution is 2.44. The van der Waals surface area contributed by atoms with E-state index in [0.29, 0.717) is 12.1 Å². The number of nitrogens with zero attached hydrogens (tertiary/aromatic N) is 1. The normalized spacial score (nSPS) is 23.8. The quantitative estimate of drug-likeness (QED) is 0.796. The van der Waals surface area contributed by atoms with Crippen LogP contribution in [0.5, 0.6) is 0 Å². The standard InChI is InChI=1S/C18H20N2/c1-12-10-14-4-2-3-5-17(14)20(12)18-9-6-13-11-15(19)7-8-16(13)18/h2-5,7-8,11-12,18H,6,9-10,19H2,1H3. The van der Waals surface area contributed by atoms with Crippen LogP contribution in [0.25, 0.3) is 0 Å². The first-order valence-corrected chi connectivity index (χ1v) is 7.48. The molecule has 2 aromatic rings. The zero-order valence-corrected chi connectivity index (χ0v) is 11.8. The van der Waals surface area contributed by atoms with Crippen molar-refractivity contribution in [3.63, 3.8) is 0 Å². The van der Waals surface area contributed by atoms with Crippen LogP contribution in [0.1, 0.15) is 36.1 Å². The van der Waals surface area contributed by atoms with E-state index in [4.69, 9.17) is 5.73 Å². The molecule has 0 bridgehead atoms. The van der Waals surface area contributed by atoms with E-state index < -0.39 is 0 Å². The second kappa shape index (κ2) is 4.27. The Balaban J connectivity index is 1.77. The lowest BCUT2D eigenvalue weighted by molar-refractivity contribution is 0.559. The summed E-state index contributed by atoms with van der Waals surface area (Å²) in [5.41, 5.74) is 12.6. The van der Waals surface area contributed by atoms with Gasteiger partial charge in [0.25, 0.3) is 0 Å². The molecule has 102 valence electrons. The molecule has 2 nitrogen and oxygen atoms in total. The molecular weight excluding hydrogens is 244 g/mol. The van der Waals surface area contributed by atoms with E-state index in [-0.39, 0.29) is 0 Å². The van der Waals surface area contributed by atoms with Crippen molar-refractivity contribution in [2.45, 2.75) is 38.3 Å². The number of hydrogen-bond donors (Lipinski definition) is 1. The maximum Gasteiger partial charge on any atom is 0.0551 e. The summed E-state index contributed by atoms with van der Waals surface area (Å²) in [6, 6.07) is 16.4. The van der Waals surface area contributed by atoms with Gasteiger partial charge in [0.2, 0.25) is 0 Å². The highest BCUT2D eigenvalue weighted by molar-refractivity contribution is 5.62. The smallest absolute Gasteiger partial charge is 0.0551 e. The number of rotatable bonds is 1. The third-order valence-electron chi connectivity index (χ3n) is 4.81. The summed E-state index contributed by atoms with van der Waals surface area (Å²) in [6.07, 6.45) is 3.52. The van der Waals surface area contributed by atoms with E-state index in [9.17, 15) is 0 Å². The number of hydrogen-bond acceptors (Lipinski definition) is 2. The molecule has 4 rings (SSSR count). The molecule has 0 spiro atoms.